The average Bonchev–Trinajstić information content (AvgIpc) is 3.86. The van der Waals surface area contributed by atoms with E-state index in [9.17, 15) is 32.3 Å². The topological polar surface area (TPSA) is 179 Å². The minimum Gasteiger partial charge on any atom is -0.404 e. The summed E-state index contributed by atoms with van der Waals surface area (Å²) in [6, 6.07) is 11.4. The summed E-state index contributed by atoms with van der Waals surface area (Å²) in [7, 11) is -0.603. The Labute approximate surface area is 313 Å². The highest BCUT2D eigenvalue weighted by atomic mass is 19.4. The predicted molar refractivity (Wildman–Crippen MR) is 194 cm³/mol. The SMILES string of the molecule is CC(C)[C@H](NC(=O)Cc1ccc(C2(C(F)(F)F)NN2)cc1)C(=O)N[C@@H](Cc1ccccc1)C(=O)N[C@@H](C)C(=O)NCB1O[C@@H]2CC3C[C@@H](C3(C)C)[C@]2(C)O1. The summed E-state index contributed by atoms with van der Waals surface area (Å²) < 4.78 is 52.9. The smallest absolute Gasteiger partial charge is 0.404 e. The summed E-state index contributed by atoms with van der Waals surface area (Å²) in [5.41, 5.74) is 2.92. The second-order valence-corrected chi connectivity index (χ2v) is 16.3. The highest BCUT2D eigenvalue weighted by Crippen LogP contribution is 2.65. The number of halogens is 3. The van der Waals surface area contributed by atoms with Gasteiger partial charge in [0.05, 0.1) is 24.6 Å². The zero-order valence-corrected chi connectivity index (χ0v) is 31.4. The van der Waals surface area contributed by atoms with Crippen LogP contribution in [-0.2, 0) is 47.0 Å². The van der Waals surface area contributed by atoms with Crippen molar-refractivity contribution >= 4 is 30.7 Å². The molecular formula is C38H50BF3N6O6. The van der Waals surface area contributed by atoms with Crippen molar-refractivity contribution in [1.82, 2.24) is 32.1 Å². The number of benzene rings is 2. The first-order chi connectivity index (χ1) is 25.3. The Morgan fingerprint density at radius 1 is 0.870 bits per heavy atom. The van der Waals surface area contributed by atoms with Crippen LogP contribution in [0, 0.1) is 23.2 Å². The maximum Gasteiger partial charge on any atom is 0.478 e. The summed E-state index contributed by atoms with van der Waals surface area (Å²) in [5, 5.41) is 11.0. The Morgan fingerprint density at radius 3 is 2.13 bits per heavy atom. The summed E-state index contributed by atoms with van der Waals surface area (Å²) in [6.07, 6.45) is -2.51. The molecule has 2 aromatic rings. The fraction of sp³-hybridized carbons (Fsp3) is 0.579. The Balaban J connectivity index is 1.04. The number of hydrogen-bond donors (Lipinski definition) is 6. The van der Waals surface area contributed by atoms with Gasteiger partial charge in [0.25, 0.3) is 0 Å². The van der Waals surface area contributed by atoms with E-state index in [4.69, 9.17) is 9.31 Å². The Hall–Kier alpha value is -3.99. The van der Waals surface area contributed by atoms with Crippen LogP contribution in [0.1, 0.15) is 71.1 Å². The monoisotopic (exact) mass is 754 g/mol. The molecule has 5 aliphatic rings. The number of hydrogen-bond acceptors (Lipinski definition) is 8. The molecule has 2 aromatic carbocycles. The Morgan fingerprint density at radius 2 is 1.54 bits per heavy atom. The molecule has 3 saturated carbocycles. The zero-order chi connectivity index (χ0) is 39.2. The van der Waals surface area contributed by atoms with Gasteiger partial charge in [0.2, 0.25) is 29.3 Å². The normalized spacial score (nSPS) is 26.4. The largest absolute Gasteiger partial charge is 0.478 e. The second-order valence-electron chi connectivity index (χ2n) is 16.3. The van der Waals surface area contributed by atoms with Crippen molar-refractivity contribution in [2.24, 2.45) is 23.2 Å². The first-order valence-corrected chi connectivity index (χ1v) is 18.6. The van der Waals surface area contributed by atoms with E-state index >= 15 is 0 Å². The lowest BCUT2D eigenvalue weighted by Crippen LogP contribution is -2.65. The maximum atomic E-state index is 13.7. The predicted octanol–water partition coefficient (Wildman–Crippen LogP) is 2.81. The third-order valence-electron chi connectivity index (χ3n) is 11.9. The number of carbonyl (C=O) groups excluding carboxylic acids is 4. The number of hydrazine groups is 1. The molecule has 3 aliphatic carbocycles. The summed E-state index contributed by atoms with van der Waals surface area (Å²) >= 11 is 0. The Bertz CT molecular complexity index is 1730. The molecule has 6 N–H and O–H groups in total. The lowest BCUT2D eigenvalue weighted by Gasteiger charge is -2.64. The molecule has 1 unspecified atom stereocenters. The molecule has 0 radical (unpaired) electrons. The summed E-state index contributed by atoms with van der Waals surface area (Å²) in [6.45, 7) is 11.7. The molecule has 2 bridgehead atoms. The number of amides is 4. The lowest BCUT2D eigenvalue weighted by molar-refractivity contribution is -0.199. The van der Waals surface area contributed by atoms with Gasteiger partial charge < -0.3 is 30.6 Å². The highest BCUT2D eigenvalue weighted by molar-refractivity contribution is 6.46. The first kappa shape index (κ1) is 39.7. The van der Waals surface area contributed by atoms with Crippen molar-refractivity contribution in [3.63, 3.8) is 0 Å². The van der Waals surface area contributed by atoms with Crippen molar-refractivity contribution in [3.05, 3.63) is 71.3 Å². The molecule has 5 fully saturated rings. The van der Waals surface area contributed by atoms with Gasteiger partial charge in [0.15, 0.2) is 0 Å². The van der Waals surface area contributed by atoms with Gasteiger partial charge in [-0.3, -0.25) is 19.2 Å². The quantitative estimate of drug-likeness (QED) is 0.126. The fourth-order valence-corrected chi connectivity index (χ4v) is 8.40. The van der Waals surface area contributed by atoms with Gasteiger partial charge in [0, 0.05) is 6.42 Å². The van der Waals surface area contributed by atoms with Crippen LogP contribution in [0.4, 0.5) is 13.2 Å². The molecule has 0 aromatic heterocycles. The van der Waals surface area contributed by atoms with E-state index in [0.29, 0.717) is 17.4 Å². The van der Waals surface area contributed by atoms with Gasteiger partial charge in [-0.15, -0.1) is 0 Å². The molecule has 2 saturated heterocycles. The third kappa shape index (κ3) is 7.89. The molecule has 54 heavy (non-hydrogen) atoms. The maximum absolute atomic E-state index is 13.7. The van der Waals surface area contributed by atoms with E-state index in [2.05, 4.69) is 52.9 Å². The van der Waals surface area contributed by atoms with Crippen molar-refractivity contribution in [3.8, 4) is 0 Å². The number of nitrogens with one attached hydrogen (secondary N) is 6. The van der Waals surface area contributed by atoms with E-state index in [-0.39, 0.29) is 42.3 Å². The van der Waals surface area contributed by atoms with Crippen LogP contribution in [0.2, 0.25) is 0 Å². The molecule has 4 amide bonds. The van der Waals surface area contributed by atoms with E-state index < -0.39 is 66.3 Å². The highest BCUT2D eigenvalue weighted by Gasteiger charge is 2.68. The van der Waals surface area contributed by atoms with E-state index in [1.807, 2.05) is 18.2 Å². The standard InChI is InChI=1S/C38H50BF3N6O6/c1-21(2)31(46-30(49)17-24-12-14-25(15-13-24)37(47-48-37)38(40,41)42)34(52)45-27(16-23-10-8-7-9-11-23)33(51)44-22(3)32(50)43-20-39-53-29-19-26-18-28(35(26,4)5)36(29,6)54-39/h7-15,21-22,26-29,31,47-48H,16-20H2,1-6H3,(H,43,50)(H,44,51)(H,45,52)(H,46,49)/t22-,26?,27-,28-,29+,31-,36-/m0/s1. The second kappa shape index (κ2) is 14.9. The summed E-state index contributed by atoms with van der Waals surface area (Å²) in [4.78, 5) is 53.6. The van der Waals surface area contributed by atoms with Crippen molar-refractivity contribution in [2.45, 2.75) is 109 Å². The lowest BCUT2D eigenvalue weighted by atomic mass is 9.43. The Kier molecular flexibility index (Phi) is 11.0. The molecule has 0 spiro atoms. The van der Waals surface area contributed by atoms with Crippen molar-refractivity contribution in [1.29, 1.82) is 0 Å². The fourth-order valence-electron chi connectivity index (χ4n) is 8.40. The average molecular weight is 755 g/mol. The van der Waals surface area contributed by atoms with Crippen molar-refractivity contribution in [2.75, 3.05) is 6.44 Å². The zero-order valence-electron chi connectivity index (χ0n) is 31.4. The van der Waals surface area contributed by atoms with Gasteiger partial charge in [0.1, 0.15) is 18.1 Å². The van der Waals surface area contributed by atoms with Crippen LogP contribution in [0.5, 0.6) is 0 Å². The van der Waals surface area contributed by atoms with E-state index in [1.165, 1.54) is 24.3 Å². The van der Waals surface area contributed by atoms with Gasteiger partial charge >= 0.3 is 13.3 Å². The number of alkyl halides is 3. The van der Waals surface area contributed by atoms with Gasteiger partial charge in [-0.2, -0.15) is 13.2 Å². The third-order valence-corrected chi connectivity index (χ3v) is 11.9. The van der Waals surface area contributed by atoms with Crippen LogP contribution in [0.15, 0.2) is 54.6 Å². The molecular weight excluding hydrogens is 704 g/mol. The van der Waals surface area contributed by atoms with Crippen molar-refractivity contribution < 1.29 is 41.7 Å². The van der Waals surface area contributed by atoms with Gasteiger partial charge in [-0.05, 0) is 66.5 Å². The number of rotatable bonds is 14. The van der Waals surface area contributed by atoms with Gasteiger partial charge in [-0.25, -0.2) is 10.9 Å². The molecule has 292 valence electrons. The van der Waals surface area contributed by atoms with E-state index in [1.54, 1.807) is 32.9 Å². The van der Waals surface area contributed by atoms with Crippen LogP contribution in [0.25, 0.3) is 0 Å². The molecule has 2 heterocycles. The molecule has 7 atom stereocenters. The minimum atomic E-state index is -4.56. The summed E-state index contributed by atoms with van der Waals surface area (Å²) in [5.74, 6) is -1.57. The molecule has 7 rings (SSSR count). The van der Waals surface area contributed by atoms with Crippen LogP contribution in [0.3, 0.4) is 0 Å². The molecule has 16 heteroatoms. The molecule has 12 nitrogen and oxygen atoms in total. The van der Waals surface area contributed by atoms with E-state index in [0.717, 1.165) is 18.4 Å². The molecule has 2 aliphatic heterocycles. The van der Waals surface area contributed by atoms with Crippen LogP contribution < -0.4 is 32.1 Å². The van der Waals surface area contributed by atoms with Crippen LogP contribution >= 0.6 is 0 Å². The first-order valence-electron chi connectivity index (χ1n) is 18.6. The van der Waals surface area contributed by atoms with Crippen LogP contribution in [-0.4, -0.2) is 73.2 Å². The number of carbonyl (C=O) groups is 4. The van der Waals surface area contributed by atoms with Gasteiger partial charge in [-0.1, -0.05) is 82.3 Å². The minimum absolute atomic E-state index is 0.0290.